The molecule has 4 nitrogen and oxygen atoms in total. The molecule has 0 heterocycles. The summed E-state index contributed by atoms with van der Waals surface area (Å²) in [7, 11) is -1.92. The van der Waals surface area contributed by atoms with Crippen LogP contribution in [0.15, 0.2) is 485 Å². The fraction of sp³-hybridized carbons (Fsp3) is 0.0526. The van der Waals surface area contributed by atoms with Crippen molar-refractivity contribution >= 4 is 109 Å². The number of hydrogen-bond acceptors (Lipinski definition) is 4. The van der Waals surface area contributed by atoms with E-state index < -0.39 is 20.0 Å². The number of nitrogens with one attached hydrogen (secondary N) is 2. The van der Waals surface area contributed by atoms with E-state index in [1.807, 2.05) is 54.6 Å². The molecule has 3 radical (unpaired) electrons. The number of para-hydroxylation sites is 4. The van der Waals surface area contributed by atoms with Crippen LogP contribution in [0, 0.1) is 27.7 Å². The highest BCUT2D eigenvalue weighted by molar-refractivity contribution is 9.10. The molecule has 0 saturated carbocycles. The van der Waals surface area contributed by atoms with Crippen molar-refractivity contribution in [3.05, 3.63) is 591 Å². The van der Waals surface area contributed by atoms with Gasteiger partial charge in [0.25, 0.3) is 9.20 Å². The number of fused-ring (bicyclic) bond motifs is 15. The van der Waals surface area contributed by atoms with E-state index in [-0.39, 0.29) is 13.8 Å². The lowest BCUT2D eigenvalue weighted by Gasteiger charge is -2.35. The van der Waals surface area contributed by atoms with Crippen LogP contribution in [-0.4, -0.2) is 8.41 Å². The second-order valence-corrected chi connectivity index (χ2v) is 37.9. The first-order valence-electron chi connectivity index (χ1n) is 47.9. The minimum Gasteiger partial charge on any atom is -0.356 e. The summed E-state index contributed by atoms with van der Waals surface area (Å²) in [5.41, 5.74) is 51.7. The molecular formula is C133H100BBrF2N4P. The van der Waals surface area contributed by atoms with Gasteiger partial charge in [0, 0.05) is 69.5 Å². The summed E-state index contributed by atoms with van der Waals surface area (Å²) in [6.45, 7) is 21.0. The first-order valence-corrected chi connectivity index (χ1v) is 49.4. The summed E-state index contributed by atoms with van der Waals surface area (Å²) >= 11 is 3.75. The number of benzene rings is 20. The first kappa shape index (κ1) is 92.0. The molecule has 5 aliphatic carbocycles. The topological polar surface area (TPSA) is 30.5 Å². The first-order chi connectivity index (χ1) is 69.2. The van der Waals surface area contributed by atoms with Crippen LogP contribution in [0.25, 0.3) is 96.1 Å². The van der Waals surface area contributed by atoms with E-state index in [1.165, 1.54) is 156 Å². The molecule has 3 atom stereocenters. The number of nitrogens with zero attached hydrogens (tertiary/aromatic N) is 2. The zero-order valence-corrected chi connectivity index (χ0v) is 81.9. The molecule has 5 aliphatic rings. The molecule has 0 bridgehead atoms. The van der Waals surface area contributed by atoms with Crippen LogP contribution in [0.4, 0.5) is 65.3 Å². The predicted molar refractivity (Wildman–Crippen MR) is 602 cm³/mol. The van der Waals surface area contributed by atoms with Crippen LogP contribution in [-0.2, 0) is 16.2 Å². The number of halogens is 3. The Morgan fingerprint density at radius 1 is 0.261 bits per heavy atom. The molecule has 0 spiro atoms. The summed E-state index contributed by atoms with van der Waals surface area (Å²) < 4.78 is 20.4. The highest BCUT2D eigenvalue weighted by Crippen LogP contribution is 2.70. The third-order valence-electron chi connectivity index (χ3n) is 28.9. The van der Waals surface area contributed by atoms with Crippen LogP contribution in [0.1, 0.15) is 106 Å². The van der Waals surface area contributed by atoms with Gasteiger partial charge in [0.15, 0.2) is 0 Å². The van der Waals surface area contributed by atoms with Crippen molar-refractivity contribution < 1.29 is 8.39 Å². The Kier molecular flexibility index (Phi) is 25.1. The van der Waals surface area contributed by atoms with Gasteiger partial charge in [-0.2, -0.15) is 8.39 Å². The fourth-order valence-corrected chi connectivity index (χ4v) is 23.1. The van der Waals surface area contributed by atoms with E-state index in [0.29, 0.717) is 0 Å². The SMILES string of the molecule is C=Cc1ccc(C2(c3cc(C)ccc3C)c3ccccc3-c3ccc(Br)cc32)cc1.C=Cc1ccc(C23c4ccccc4-c4ccc(N(c5ccccc5)c5ccc(-c6ccc(N(c7ccccc7)c7ccc8c9c7-c7ccc(C)cc7C9(c7ccc(C=C)cc7)c7ccccc7-8)cc6)cc5)c(c42)-c2ccc(C)cc23)cc1.FPF.[B].c1ccc(Nc2ccc(-c3ccc(Nc4ccccc4)cc3)cc2)cc1. The molecule has 20 aromatic rings. The molecule has 25 rings (SSSR count). The second kappa shape index (κ2) is 38.8. The lowest BCUT2D eigenvalue weighted by Crippen LogP contribution is -2.29. The minimum atomic E-state index is -1.92. The molecule has 0 aliphatic heterocycles. The van der Waals surface area contributed by atoms with Crippen molar-refractivity contribution in [2.45, 2.75) is 43.9 Å². The predicted octanol–water partition coefficient (Wildman–Crippen LogP) is 36.8. The summed E-state index contributed by atoms with van der Waals surface area (Å²) in [6.07, 6.45) is 5.77. The molecule has 681 valence electrons. The van der Waals surface area contributed by atoms with E-state index in [0.717, 1.165) is 89.2 Å². The van der Waals surface area contributed by atoms with E-state index in [2.05, 4.69) is 508 Å². The van der Waals surface area contributed by atoms with Gasteiger partial charge in [-0.15, -0.1) is 0 Å². The minimum absolute atomic E-state index is 0. The van der Waals surface area contributed by atoms with Crippen molar-refractivity contribution in [1.29, 1.82) is 0 Å². The maximum Gasteiger partial charge on any atom is 0.253 e. The molecule has 3 unspecified atom stereocenters. The van der Waals surface area contributed by atoms with Crippen molar-refractivity contribution in [3.8, 4) is 77.9 Å². The van der Waals surface area contributed by atoms with Gasteiger partial charge in [-0.1, -0.05) is 410 Å². The third kappa shape index (κ3) is 15.8. The molecule has 9 heteroatoms. The summed E-state index contributed by atoms with van der Waals surface area (Å²) in [6, 6.07) is 169. The fourth-order valence-electron chi connectivity index (χ4n) is 22.8. The molecule has 0 saturated heterocycles. The van der Waals surface area contributed by atoms with E-state index in [1.54, 1.807) is 0 Å². The van der Waals surface area contributed by atoms with Gasteiger partial charge in [0.05, 0.1) is 27.6 Å². The van der Waals surface area contributed by atoms with Crippen molar-refractivity contribution in [3.63, 3.8) is 0 Å². The van der Waals surface area contributed by atoms with E-state index in [4.69, 9.17) is 0 Å². The van der Waals surface area contributed by atoms with Gasteiger partial charge in [0.1, 0.15) is 0 Å². The molecular weight excluding hydrogens is 1810 g/mol. The highest BCUT2D eigenvalue weighted by Gasteiger charge is 2.56. The number of anilines is 10. The Labute approximate surface area is 843 Å². The molecule has 0 fully saturated rings. The summed E-state index contributed by atoms with van der Waals surface area (Å²) in [4.78, 5) is 4.93. The van der Waals surface area contributed by atoms with E-state index in [9.17, 15) is 8.39 Å². The van der Waals surface area contributed by atoms with Crippen LogP contribution in [0.5, 0.6) is 0 Å². The lowest BCUT2D eigenvalue weighted by molar-refractivity contribution is 0.759. The third-order valence-corrected chi connectivity index (χ3v) is 29.4. The van der Waals surface area contributed by atoms with Gasteiger partial charge in [-0.25, -0.2) is 0 Å². The van der Waals surface area contributed by atoms with Crippen LogP contribution < -0.4 is 20.4 Å². The van der Waals surface area contributed by atoms with Gasteiger partial charge in [0.2, 0.25) is 0 Å². The van der Waals surface area contributed by atoms with E-state index >= 15 is 0 Å². The maximum atomic E-state index is 9.65. The Morgan fingerprint density at radius 2 is 0.542 bits per heavy atom. The Bertz CT molecular complexity index is 7790. The smallest absolute Gasteiger partial charge is 0.253 e. The van der Waals surface area contributed by atoms with Crippen LogP contribution in [0.2, 0.25) is 0 Å². The summed E-state index contributed by atoms with van der Waals surface area (Å²) in [5, 5.41) is 6.82. The Morgan fingerprint density at radius 3 is 0.923 bits per heavy atom. The van der Waals surface area contributed by atoms with Crippen LogP contribution >= 0.6 is 25.1 Å². The number of hydrogen-bond donors (Lipinski definition) is 2. The van der Waals surface area contributed by atoms with Gasteiger partial charge < -0.3 is 20.4 Å². The van der Waals surface area contributed by atoms with Gasteiger partial charge in [-0.05, 0) is 305 Å². The highest BCUT2D eigenvalue weighted by atomic mass is 79.9. The molecule has 20 aromatic carbocycles. The lowest BCUT2D eigenvalue weighted by atomic mass is 9.66. The molecule has 2 N–H and O–H groups in total. The van der Waals surface area contributed by atoms with Crippen molar-refractivity contribution in [1.82, 2.24) is 0 Å². The Balaban J connectivity index is 0.000000161. The molecule has 142 heavy (non-hydrogen) atoms. The number of aryl methyl sites for hydroxylation is 4. The number of rotatable bonds is 19. The van der Waals surface area contributed by atoms with Crippen molar-refractivity contribution in [2.75, 3.05) is 20.4 Å². The van der Waals surface area contributed by atoms with Crippen molar-refractivity contribution in [2.24, 2.45) is 0 Å². The largest absolute Gasteiger partial charge is 0.356 e. The zero-order chi connectivity index (χ0) is 96.0. The second-order valence-electron chi connectivity index (χ2n) is 36.9. The normalized spacial score (nSPS) is 14.7. The summed E-state index contributed by atoms with van der Waals surface area (Å²) in [5.74, 6) is 0. The molecule has 0 aromatic heterocycles. The quantitative estimate of drug-likeness (QED) is 0.0624. The van der Waals surface area contributed by atoms with Gasteiger partial charge in [-0.3, -0.25) is 0 Å². The van der Waals surface area contributed by atoms with Gasteiger partial charge >= 0.3 is 0 Å². The Hall–Kier alpha value is -16.3. The zero-order valence-electron chi connectivity index (χ0n) is 79.3. The standard InChI is InChI=1S/C80H56N2.C29H23Br.C24H20N2.B.F2HP/c1-5-53-27-35-57(36-28-53)79-69-23-15-13-21-63(69)65-45-47-73(75(77(65)79)67-43-25-51(3)49-71(67)79)81(59-17-9-7-10-18-59)61-39-31-55(32-40-61)56-33-41-62(42-34-56)82(60-19-11-8-12-20-60)74-48-46-66-64-22-14-16-24-70(64)80(58-37-29-54(6-2)30-38-58)72-50-52(4)26-44-68(72)76(74)78(66)80;1-4-21-11-13-22(14-12-21)29(27-17-19(2)9-10-20(27)3)26-8-6-5-7-24(26)25-16-15-23(30)18-28(25)29;1-3-7-21(8-4-1)25-23-15-11-19(12-16-23)20-13-17-24(18-14-20)26-22-9-5-2-6-10-22;;1-3-2/h5-50H,1-2H2,3-4H3;4-18H,1H2,2-3H3;1-18,25-26H;;3H. The average Bonchev–Trinajstić information content (AvgIpc) is 1.50. The molecule has 0 amide bonds. The maximum absolute atomic E-state index is 9.65. The average molecular weight is 1910 g/mol. The monoisotopic (exact) mass is 1910 g/mol. The van der Waals surface area contributed by atoms with Crippen LogP contribution in [0.3, 0.4) is 0 Å².